The first-order valence-corrected chi connectivity index (χ1v) is 5.42. The Labute approximate surface area is 106 Å². The highest BCUT2D eigenvalue weighted by Gasteiger charge is 2.15. The number of fused-ring (bicyclic) bond motifs is 1. The number of hydrogen-bond acceptors (Lipinski definition) is 3. The molecule has 0 radical (unpaired) electrons. The minimum atomic E-state index is -1.01. The van der Waals surface area contributed by atoms with Crippen molar-refractivity contribution in [3.8, 4) is 22.9 Å². The number of benzene rings is 2. The molecule has 0 fully saturated rings. The normalized spacial score (nSPS) is 11.1. The van der Waals surface area contributed by atoms with Gasteiger partial charge in [0.1, 0.15) is 22.9 Å². The lowest BCUT2D eigenvalue weighted by atomic mass is 10.1. The average Bonchev–Trinajstić information content (AvgIpc) is 2.72. The third kappa shape index (κ3) is 1.77. The van der Waals surface area contributed by atoms with Gasteiger partial charge in [-0.25, -0.2) is 13.8 Å². The molecule has 4 nitrogen and oxygen atoms in total. The molecule has 0 aliphatic heterocycles. The molecule has 0 bridgehead atoms. The average molecular weight is 262 g/mol. The van der Waals surface area contributed by atoms with E-state index in [0.29, 0.717) is 0 Å². The van der Waals surface area contributed by atoms with Crippen LogP contribution in [0.3, 0.4) is 0 Å². The number of phenolic OH excluding ortho intramolecular Hbond substituents is 2. The maximum absolute atomic E-state index is 13.1. The molecule has 0 spiro atoms. The summed E-state index contributed by atoms with van der Waals surface area (Å²) >= 11 is 0. The summed E-state index contributed by atoms with van der Waals surface area (Å²) in [5.74, 6) is -2.23. The Morgan fingerprint density at radius 1 is 1.00 bits per heavy atom. The van der Waals surface area contributed by atoms with E-state index in [1.54, 1.807) is 0 Å². The minimum Gasteiger partial charge on any atom is -0.507 e. The van der Waals surface area contributed by atoms with Gasteiger partial charge in [0.2, 0.25) is 0 Å². The van der Waals surface area contributed by atoms with E-state index in [4.69, 9.17) is 0 Å². The summed E-state index contributed by atoms with van der Waals surface area (Å²) < 4.78 is 26.2. The zero-order valence-corrected chi connectivity index (χ0v) is 9.48. The minimum absolute atomic E-state index is 0.0829. The van der Waals surface area contributed by atoms with Crippen molar-refractivity contribution in [2.45, 2.75) is 0 Å². The van der Waals surface area contributed by atoms with E-state index in [9.17, 15) is 19.0 Å². The van der Waals surface area contributed by atoms with Crippen LogP contribution in [0.5, 0.6) is 11.5 Å². The van der Waals surface area contributed by atoms with Crippen molar-refractivity contribution in [1.29, 1.82) is 0 Å². The second-order valence-electron chi connectivity index (χ2n) is 4.04. The molecule has 0 amide bonds. The maximum atomic E-state index is 13.1. The molecular weight excluding hydrogens is 254 g/mol. The van der Waals surface area contributed by atoms with Crippen molar-refractivity contribution in [3.63, 3.8) is 0 Å². The first kappa shape index (κ1) is 11.5. The first-order valence-electron chi connectivity index (χ1n) is 5.42. The highest BCUT2D eigenvalue weighted by atomic mass is 19.2. The van der Waals surface area contributed by atoms with E-state index in [0.717, 1.165) is 12.1 Å². The van der Waals surface area contributed by atoms with Gasteiger partial charge < -0.3 is 15.2 Å². The number of aromatic hydroxyl groups is 2. The molecule has 0 aliphatic carbocycles. The first-order chi connectivity index (χ1) is 9.06. The van der Waals surface area contributed by atoms with Crippen LogP contribution in [0.15, 0.2) is 30.3 Å². The van der Waals surface area contributed by atoms with Crippen molar-refractivity contribution in [1.82, 2.24) is 9.97 Å². The highest BCUT2D eigenvalue weighted by Crippen LogP contribution is 2.36. The van der Waals surface area contributed by atoms with Gasteiger partial charge in [0.15, 0.2) is 11.6 Å². The lowest BCUT2D eigenvalue weighted by Gasteiger charge is -2.02. The quantitative estimate of drug-likeness (QED) is 0.631. The Morgan fingerprint density at radius 3 is 2.32 bits per heavy atom. The van der Waals surface area contributed by atoms with Crippen LogP contribution in [0.25, 0.3) is 22.4 Å². The molecular formula is C13H8F2N2O2. The van der Waals surface area contributed by atoms with Crippen molar-refractivity contribution in [2.24, 2.45) is 0 Å². The van der Waals surface area contributed by atoms with Gasteiger partial charge in [-0.2, -0.15) is 0 Å². The van der Waals surface area contributed by atoms with Crippen molar-refractivity contribution in [3.05, 3.63) is 42.0 Å². The zero-order chi connectivity index (χ0) is 13.6. The molecule has 0 saturated carbocycles. The molecule has 0 unspecified atom stereocenters. The topological polar surface area (TPSA) is 69.1 Å². The fraction of sp³-hybridized carbons (Fsp3) is 0. The largest absolute Gasteiger partial charge is 0.507 e. The molecule has 96 valence electrons. The molecule has 6 heteroatoms. The second-order valence-corrected chi connectivity index (χ2v) is 4.04. The van der Waals surface area contributed by atoms with Crippen LogP contribution >= 0.6 is 0 Å². The van der Waals surface area contributed by atoms with E-state index >= 15 is 0 Å². The zero-order valence-electron chi connectivity index (χ0n) is 9.48. The number of imidazole rings is 1. The van der Waals surface area contributed by atoms with Gasteiger partial charge in [0, 0.05) is 12.1 Å². The van der Waals surface area contributed by atoms with Crippen LogP contribution in [0.1, 0.15) is 0 Å². The van der Waals surface area contributed by atoms with Crippen molar-refractivity contribution >= 4 is 11.0 Å². The van der Waals surface area contributed by atoms with Gasteiger partial charge in [-0.1, -0.05) is 6.07 Å². The van der Waals surface area contributed by atoms with Crippen molar-refractivity contribution < 1.29 is 19.0 Å². The third-order valence-electron chi connectivity index (χ3n) is 2.78. The summed E-state index contributed by atoms with van der Waals surface area (Å²) in [5.41, 5.74) is 0.563. The third-order valence-corrected chi connectivity index (χ3v) is 2.78. The smallest absolute Gasteiger partial charge is 0.161 e. The Balaban J connectivity index is 2.26. The number of rotatable bonds is 1. The number of H-pyrrole nitrogens is 1. The summed E-state index contributed by atoms with van der Waals surface area (Å²) in [7, 11) is 0. The van der Waals surface area contributed by atoms with Gasteiger partial charge in [-0.05, 0) is 12.1 Å². The van der Waals surface area contributed by atoms with Crippen LogP contribution in [-0.2, 0) is 0 Å². The Hall–Kier alpha value is -2.63. The summed E-state index contributed by atoms with van der Waals surface area (Å²) in [6.07, 6.45) is 0. The van der Waals surface area contributed by atoms with Gasteiger partial charge >= 0.3 is 0 Å². The molecule has 0 atom stereocenters. The molecule has 19 heavy (non-hydrogen) atoms. The van der Waals surface area contributed by atoms with Gasteiger partial charge in [0.05, 0.1) is 11.0 Å². The molecule has 3 rings (SSSR count). The number of nitrogens with zero attached hydrogens (tertiary/aromatic N) is 1. The van der Waals surface area contributed by atoms with Gasteiger partial charge in [0.25, 0.3) is 0 Å². The lowest BCUT2D eigenvalue weighted by molar-refractivity contribution is 0.453. The Kier molecular flexibility index (Phi) is 2.38. The van der Waals surface area contributed by atoms with Crippen LogP contribution in [0, 0.1) is 11.6 Å². The molecule has 2 aromatic carbocycles. The molecule has 3 aromatic rings. The fourth-order valence-corrected chi connectivity index (χ4v) is 1.89. The predicted octanol–water partition coefficient (Wildman–Crippen LogP) is 2.92. The molecule has 0 saturated heterocycles. The lowest BCUT2D eigenvalue weighted by Crippen LogP contribution is -1.82. The summed E-state index contributed by atoms with van der Waals surface area (Å²) in [6, 6.07) is 6.14. The van der Waals surface area contributed by atoms with E-state index in [1.165, 1.54) is 18.2 Å². The number of hydrogen-bond donors (Lipinski definition) is 3. The van der Waals surface area contributed by atoms with E-state index in [-0.39, 0.29) is 33.9 Å². The fourth-order valence-electron chi connectivity index (χ4n) is 1.89. The molecule has 0 aliphatic rings. The standard InChI is InChI=1S/C13H8F2N2O2/c14-6-4-8-9(5-7(6)15)17-13(16-8)12-10(18)2-1-3-11(12)19/h1-5,18-19H,(H,16,17). The number of nitrogens with one attached hydrogen (secondary N) is 1. The SMILES string of the molecule is Oc1cccc(O)c1-c1nc2cc(F)c(F)cc2[nH]1. The van der Waals surface area contributed by atoms with Crippen LogP contribution in [0.2, 0.25) is 0 Å². The van der Waals surface area contributed by atoms with Crippen molar-refractivity contribution in [2.75, 3.05) is 0 Å². The summed E-state index contributed by atoms with van der Waals surface area (Å²) in [4.78, 5) is 6.75. The van der Waals surface area contributed by atoms with Gasteiger partial charge in [-0.15, -0.1) is 0 Å². The molecule has 1 heterocycles. The monoisotopic (exact) mass is 262 g/mol. The van der Waals surface area contributed by atoms with Crippen LogP contribution in [-0.4, -0.2) is 20.2 Å². The Bertz CT molecular complexity index is 724. The van der Waals surface area contributed by atoms with Crippen LogP contribution in [0.4, 0.5) is 8.78 Å². The molecule has 1 aromatic heterocycles. The number of aromatic nitrogens is 2. The highest BCUT2D eigenvalue weighted by molar-refractivity contribution is 5.82. The molecule has 3 N–H and O–H groups in total. The summed E-state index contributed by atoms with van der Waals surface area (Å²) in [5, 5.41) is 19.4. The summed E-state index contributed by atoms with van der Waals surface area (Å²) in [6.45, 7) is 0. The van der Waals surface area contributed by atoms with Gasteiger partial charge in [-0.3, -0.25) is 0 Å². The Morgan fingerprint density at radius 2 is 1.63 bits per heavy atom. The predicted molar refractivity (Wildman–Crippen MR) is 64.8 cm³/mol. The number of halogens is 2. The number of phenols is 2. The van der Waals surface area contributed by atoms with E-state index < -0.39 is 11.6 Å². The second kappa shape index (κ2) is 3.94. The van der Waals surface area contributed by atoms with E-state index in [2.05, 4.69) is 9.97 Å². The van der Waals surface area contributed by atoms with Crippen LogP contribution < -0.4 is 0 Å². The van der Waals surface area contributed by atoms with E-state index in [1.807, 2.05) is 0 Å². The maximum Gasteiger partial charge on any atom is 0.161 e. The number of aromatic amines is 1.